The highest BCUT2D eigenvalue weighted by atomic mass is 19.4. The Morgan fingerprint density at radius 3 is 2.62 bits per heavy atom. The number of hydrogen-bond acceptors (Lipinski definition) is 5. The summed E-state index contributed by atoms with van der Waals surface area (Å²) in [6.07, 6.45) is 3.66. The Bertz CT molecular complexity index is 1060. The Labute approximate surface area is 195 Å². The van der Waals surface area contributed by atoms with Gasteiger partial charge in [0.1, 0.15) is 5.69 Å². The number of nitrogens with one attached hydrogen (secondary N) is 2. The van der Waals surface area contributed by atoms with Crippen molar-refractivity contribution in [3.8, 4) is 0 Å². The van der Waals surface area contributed by atoms with Crippen LogP contribution in [0.2, 0.25) is 0 Å². The second kappa shape index (κ2) is 8.40. The van der Waals surface area contributed by atoms with Crippen molar-refractivity contribution < 1.29 is 18.0 Å². The number of alkyl halides is 3. The minimum atomic E-state index is -4.49. The van der Waals surface area contributed by atoms with E-state index in [0.717, 1.165) is 49.4 Å². The van der Waals surface area contributed by atoms with Crippen LogP contribution in [0.5, 0.6) is 0 Å². The summed E-state index contributed by atoms with van der Waals surface area (Å²) in [5.41, 5.74) is 3.33. The molecule has 1 saturated carbocycles. The Morgan fingerprint density at radius 2 is 2.00 bits per heavy atom. The zero-order valence-electron chi connectivity index (χ0n) is 19.1. The standard InChI is InChI=1S/C22H29F3N8O/c1-27-32(14-26)17-9-21(10-17)12-31(13-21)20(34)30-6-3-15(4-7-30)8-16-11-29-33-18(22(23,24)25)2-5-28-19(16)33/h2,5,11,14-15,17,26-27H,3-4,6-10,12-13H2,1H3. The number of urea groups is 1. The first-order valence-corrected chi connectivity index (χ1v) is 11.6. The number of aromatic nitrogens is 3. The molecule has 3 fully saturated rings. The van der Waals surface area contributed by atoms with E-state index in [1.54, 1.807) is 0 Å². The van der Waals surface area contributed by atoms with Crippen molar-refractivity contribution in [1.82, 2.24) is 34.8 Å². The van der Waals surface area contributed by atoms with Gasteiger partial charge in [0, 0.05) is 56.4 Å². The fourth-order valence-electron chi connectivity index (χ4n) is 5.78. The quantitative estimate of drug-likeness (QED) is 0.392. The van der Waals surface area contributed by atoms with E-state index >= 15 is 0 Å². The number of fused-ring (bicyclic) bond motifs is 1. The van der Waals surface area contributed by atoms with Gasteiger partial charge in [-0.25, -0.2) is 19.7 Å². The summed E-state index contributed by atoms with van der Waals surface area (Å²) in [5, 5.41) is 13.2. The molecule has 4 heterocycles. The zero-order valence-corrected chi connectivity index (χ0v) is 19.1. The van der Waals surface area contributed by atoms with Crippen LogP contribution in [0.15, 0.2) is 18.5 Å². The lowest BCUT2D eigenvalue weighted by Gasteiger charge is -2.60. The molecule has 0 atom stereocenters. The van der Waals surface area contributed by atoms with Gasteiger partial charge in [0.25, 0.3) is 0 Å². The lowest BCUT2D eigenvalue weighted by Crippen LogP contribution is -2.69. The summed E-state index contributed by atoms with van der Waals surface area (Å²) < 4.78 is 40.5. The highest BCUT2D eigenvalue weighted by molar-refractivity contribution is 5.76. The van der Waals surface area contributed by atoms with Crippen LogP contribution in [-0.4, -0.2) is 81.0 Å². The number of nitrogens with zero attached hydrogens (tertiary/aromatic N) is 6. The van der Waals surface area contributed by atoms with Crippen molar-refractivity contribution in [3.05, 3.63) is 29.7 Å². The number of rotatable bonds is 5. The Kier molecular flexibility index (Phi) is 5.65. The molecular weight excluding hydrogens is 449 g/mol. The smallest absolute Gasteiger partial charge is 0.325 e. The molecule has 0 unspecified atom stereocenters. The maximum Gasteiger partial charge on any atom is 0.433 e. The molecular formula is C22H29F3N8O. The fourth-order valence-corrected chi connectivity index (χ4v) is 5.78. The van der Waals surface area contributed by atoms with Crippen molar-refractivity contribution >= 4 is 18.0 Å². The van der Waals surface area contributed by atoms with Crippen LogP contribution in [0.1, 0.15) is 36.9 Å². The molecule has 1 spiro atoms. The van der Waals surface area contributed by atoms with Crippen LogP contribution in [0.25, 0.3) is 5.65 Å². The molecule has 12 heteroatoms. The number of amides is 2. The first-order valence-electron chi connectivity index (χ1n) is 11.6. The van der Waals surface area contributed by atoms with Gasteiger partial charge in [0.15, 0.2) is 5.65 Å². The zero-order chi connectivity index (χ0) is 24.1. The van der Waals surface area contributed by atoms with Gasteiger partial charge in [-0.15, -0.1) is 0 Å². The van der Waals surface area contributed by atoms with E-state index in [2.05, 4.69) is 15.5 Å². The minimum absolute atomic E-state index is 0.0810. The van der Waals surface area contributed by atoms with Gasteiger partial charge in [0.05, 0.1) is 12.5 Å². The maximum absolute atomic E-state index is 13.2. The number of piperidine rings is 1. The molecule has 0 aromatic carbocycles. The third-order valence-electron chi connectivity index (χ3n) is 7.61. The summed E-state index contributed by atoms with van der Waals surface area (Å²) in [6, 6.07) is 1.33. The molecule has 34 heavy (non-hydrogen) atoms. The van der Waals surface area contributed by atoms with Crippen LogP contribution < -0.4 is 5.43 Å². The van der Waals surface area contributed by atoms with Gasteiger partial charge < -0.3 is 9.80 Å². The van der Waals surface area contributed by atoms with Crippen molar-refractivity contribution in [2.75, 3.05) is 33.2 Å². The van der Waals surface area contributed by atoms with Crippen LogP contribution >= 0.6 is 0 Å². The highest BCUT2D eigenvalue weighted by Crippen LogP contribution is 2.50. The first kappa shape index (κ1) is 22.9. The Balaban J connectivity index is 1.12. The molecule has 1 aliphatic carbocycles. The van der Waals surface area contributed by atoms with Gasteiger partial charge in [-0.2, -0.15) is 18.3 Å². The van der Waals surface area contributed by atoms with E-state index in [1.165, 1.54) is 18.7 Å². The number of hydrogen-bond donors (Lipinski definition) is 2. The number of halogens is 3. The highest BCUT2D eigenvalue weighted by Gasteiger charge is 2.55. The average Bonchev–Trinajstić information content (AvgIpc) is 3.17. The summed E-state index contributed by atoms with van der Waals surface area (Å²) in [7, 11) is 1.81. The molecule has 2 aliphatic heterocycles. The monoisotopic (exact) mass is 478 g/mol. The third kappa shape index (κ3) is 3.97. The van der Waals surface area contributed by atoms with Gasteiger partial charge in [-0.1, -0.05) is 0 Å². The molecule has 3 aliphatic rings. The molecule has 0 bridgehead atoms. The predicted octanol–water partition coefficient (Wildman–Crippen LogP) is 2.63. The van der Waals surface area contributed by atoms with E-state index in [-0.39, 0.29) is 23.0 Å². The van der Waals surface area contributed by atoms with Crippen molar-refractivity contribution in [2.45, 2.75) is 44.3 Å². The lowest BCUT2D eigenvalue weighted by molar-refractivity contribution is -0.142. The molecule has 0 radical (unpaired) electrons. The number of carbonyl (C=O) groups excluding carboxylic acids is 1. The second-order valence-corrected chi connectivity index (χ2v) is 9.83. The number of hydrazine groups is 1. The molecule has 184 valence electrons. The molecule has 2 aromatic rings. The van der Waals surface area contributed by atoms with Crippen LogP contribution in [0.4, 0.5) is 18.0 Å². The first-order chi connectivity index (χ1) is 16.2. The van der Waals surface area contributed by atoms with E-state index in [1.807, 2.05) is 21.9 Å². The van der Waals surface area contributed by atoms with Crippen LogP contribution in [-0.2, 0) is 12.6 Å². The lowest BCUT2D eigenvalue weighted by atomic mass is 9.60. The number of likely N-dealkylation sites (tertiary alicyclic amines) is 2. The van der Waals surface area contributed by atoms with Crippen molar-refractivity contribution in [3.63, 3.8) is 0 Å². The third-order valence-corrected chi connectivity index (χ3v) is 7.61. The van der Waals surface area contributed by atoms with E-state index in [9.17, 15) is 18.0 Å². The van der Waals surface area contributed by atoms with Crippen molar-refractivity contribution in [1.29, 1.82) is 5.41 Å². The van der Waals surface area contributed by atoms with Crippen LogP contribution in [0.3, 0.4) is 0 Å². The largest absolute Gasteiger partial charge is 0.433 e. The molecule has 2 saturated heterocycles. The normalized spacial score (nSPS) is 20.9. The molecule has 2 aromatic heterocycles. The van der Waals surface area contributed by atoms with Gasteiger partial charge >= 0.3 is 12.2 Å². The van der Waals surface area contributed by atoms with E-state index in [0.29, 0.717) is 31.1 Å². The maximum atomic E-state index is 13.2. The average molecular weight is 479 g/mol. The van der Waals surface area contributed by atoms with Gasteiger partial charge in [0.2, 0.25) is 0 Å². The summed E-state index contributed by atoms with van der Waals surface area (Å²) in [5.74, 6) is 0.275. The molecule has 2 N–H and O–H groups in total. The Morgan fingerprint density at radius 1 is 1.29 bits per heavy atom. The summed E-state index contributed by atoms with van der Waals surface area (Å²) in [4.78, 5) is 20.9. The van der Waals surface area contributed by atoms with Crippen molar-refractivity contribution in [2.24, 2.45) is 11.3 Å². The minimum Gasteiger partial charge on any atom is -0.325 e. The molecule has 5 rings (SSSR count). The fraction of sp³-hybridized carbons (Fsp3) is 0.636. The SMILES string of the molecule is CNN(C=N)C1CC2(C1)CN(C(=O)N1CCC(Cc3cnn4c(C(F)(F)F)ccnc34)CC1)C2. The summed E-state index contributed by atoms with van der Waals surface area (Å²) >= 11 is 0. The molecule has 2 amide bonds. The van der Waals surface area contributed by atoms with Gasteiger partial charge in [-0.3, -0.25) is 10.4 Å². The predicted molar refractivity (Wildman–Crippen MR) is 118 cm³/mol. The second-order valence-electron chi connectivity index (χ2n) is 9.83. The summed E-state index contributed by atoms with van der Waals surface area (Å²) in [6.45, 7) is 2.84. The van der Waals surface area contributed by atoms with Gasteiger partial charge in [-0.05, 0) is 44.1 Å². The van der Waals surface area contributed by atoms with E-state index < -0.39 is 11.9 Å². The topological polar surface area (TPSA) is 92.9 Å². The molecule has 9 nitrogen and oxygen atoms in total. The van der Waals surface area contributed by atoms with E-state index in [4.69, 9.17) is 5.41 Å². The van der Waals surface area contributed by atoms with Crippen LogP contribution in [0, 0.1) is 16.7 Å². The number of carbonyl (C=O) groups is 1. The Hall–Kier alpha value is -2.89.